The number of hydrogen-bond donors (Lipinski definition) is 0. The SMILES string of the molecule is CC(C)(C)CC(=O)CCCOCC(=O)CC(C)(C)C. The largest absolute Gasteiger partial charge is 0.374 e. The van der Waals surface area contributed by atoms with Crippen molar-refractivity contribution in [1.82, 2.24) is 0 Å². The Hall–Kier alpha value is -0.700. The van der Waals surface area contributed by atoms with Crippen LogP contribution >= 0.6 is 0 Å². The fourth-order valence-corrected chi connectivity index (χ4v) is 1.88. The lowest BCUT2D eigenvalue weighted by atomic mass is 9.89. The molecule has 0 heterocycles. The minimum Gasteiger partial charge on any atom is -0.374 e. The van der Waals surface area contributed by atoms with Crippen LogP contribution in [0.2, 0.25) is 0 Å². The summed E-state index contributed by atoms with van der Waals surface area (Å²) >= 11 is 0. The van der Waals surface area contributed by atoms with Crippen molar-refractivity contribution in [2.75, 3.05) is 13.2 Å². The van der Waals surface area contributed by atoms with E-state index in [4.69, 9.17) is 4.74 Å². The number of rotatable bonds is 8. The summed E-state index contributed by atoms with van der Waals surface area (Å²) in [7, 11) is 0. The minimum atomic E-state index is 0.0170. The maximum Gasteiger partial charge on any atom is 0.158 e. The Balaban J connectivity index is 3.61. The average molecular weight is 270 g/mol. The van der Waals surface area contributed by atoms with Gasteiger partial charge in [-0.2, -0.15) is 0 Å². The van der Waals surface area contributed by atoms with E-state index in [0.717, 1.165) is 0 Å². The molecule has 112 valence electrons. The zero-order valence-electron chi connectivity index (χ0n) is 13.5. The summed E-state index contributed by atoms with van der Waals surface area (Å²) in [6.07, 6.45) is 2.40. The van der Waals surface area contributed by atoms with Gasteiger partial charge in [0.1, 0.15) is 12.4 Å². The van der Waals surface area contributed by atoms with Crippen LogP contribution in [-0.4, -0.2) is 24.8 Å². The van der Waals surface area contributed by atoms with Crippen molar-refractivity contribution in [3.05, 3.63) is 0 Å². The van der Waals surface area contributed by atoms with Crippen LogP contribution in [0.3, 0.4) is 0 Å². The summed E-state index contributed by atoms with van der Waals surface area (Å²) in [4.78, 5) is 23.2. The van der Waals surface area contributed by atoms with E-state index in [1.807, 2.05) is 20.8 Å². The number of ketones is 2. The maximum atomic E-state index is 11.6. The second kappa shape index (κ2) is 7.78. The third kappa shape index (κ3) is 13.5. The van der Waals surface area contributed by atoms with Crippen LogP contribution in [0.1, 0.15) is 67.2 Å². The highest BCUT2D eigenvalue weighted by molar-refractivity contribution is 5.80. The normalized spacial score (nSPS) is 12.5. The van der Waals surface area contributed by atoms with Gasteiger partial charge in [-0.3, -0.25) is 9.59 Å². The van der Waals surface area contributed by atoms with Crippen LogP contribution in [0.5, 0.6) is 0 Å². The minimum absolute atomic E-state index is 0.0170. The van der Waals surface area contributed by atoms with Crippen molar-refractivity contribution in [3.8, 4) is 0 Å². The molecule has 0 aliphatic rings. The van der Waals surface area contributed by atoms with Crippen LogP contribution in [0.15, 0.2) is 0 Å². The van der Waals surface area contributed by atoms with E-state index in [1.54, 1.807) is 0 Å². The van der Waals surface area contributed by atoms with Gasteiger partial charge in [-0.25, -0.2) is 0 Å². The van der Waals surface area contributed by atoms with Crippen molar-refractivity contribution >= 4 is 11.6 Å². The molecule has 0 N–H and O–H groups in total. The first-order chi connectivity index (χ1) is 8.49. The van der Waals surface area contributed by atoms with Gasteiger partial charge in [-0.15, -0.1) is 0 Å². The monoisotopic (exact) mass is 270 g/mol. The van der Waals surface area contributed by atoms with Gasteiger partial charge in [0.15, 0.2) is 5.78 Å². The van der Waals surface area contributed by atoms with Crippen molar-refractivity contribution in [3.63, 3.8) is 0 Å². The molecule has 0 unspecified atom stereocenters. The van der Waals surface area contributed by atoms with Crippen molar-refractivity contribution < 1.29 is 14.3 Å². The molecule has 0 rings (SSSR count). The van der Waals surface area contributed by atoms with Crippen LogP contribution < -0.4 is 0 Å². The molecule has 0 aliphatic carbocycles. The molecule has 0 saturated heterocycles. The summed E-state index contributed by atoms with van der Waals surface area (Å²) < 4.78 is 5.32. The maximum absolute atomic E-state index is 11.6. The van der Waals surface area contributed by atoms with E-state index in [0.29, 0.717) is 32.3 Å². The van der Waals surface area contributed by atoms with Crippen molar-refractivity contribution in [2.24, 2.45) is 10.8 Å². The van der Waals surface area contributed by atoms with Gasteiger partial charge in [0.25, 0.3) is 0 Å². The third-order valence-corrected chi connectivity index (χ3v) is 2.46. The van der Waals surface area contributed by atoms with Gasteiger partial charge < -0.3 is 4.74 Å². The Labute approximate surface area is 118 Å². The molecule has 3 heteroatoms. The Morgan fingerprint density at radius 1 is 0.842 bits per heavy atom. The fraction of sp³-hybridized carbons (Fsp3) is 0.875. The summed E-state index contributed by atoms with van der Waals surface area (Å²) in [5.74, 6) is 0.408. The molecule has 0 spiro atoms. The molecule has 0 aromatic rings. The van der Waals surface area contributed by atoms with Crippen LogP contribution in [0, 0.1) is 10.8 Å². The van der Waals surface area contributed by atoms with Gasteiger partial charge in [0, 0.05) is 25.9 Å². The van der Waals surface area contributed by atoms with E-state index in [1.165, 1.54) is 0 Å². The van der Waals surface area contributed by atoms with Crippen LogP contribution in [0.25, 0.3) is 0 Å². The van der Waals surface area contributed by atoms with Gasteiger partial charge in [-0.05, 0) is 17.3 Å². The number of Topliss-reactive ketones (excluding diaryl/α,β-unsaturated/α-hetero) is 2. The number of hydrogen-bond acceptors (Lipinski definition) is 3. The highest BCUT2D eigenvalue weighted by Gasteiger charge is 2.17. The van der Waals surface area contributed by atoms with E-state index < -0.39 is 0 Å². The molecule has 0 radical (unpaired) electrons. The summed E-state index contributed by atoms with van der Waals surface area (Å²) in [5, 5.41) is 0. The van der Waals surface area contributed by atoms with E-state index in [2.05, 4.69) is 20.8 Å². The number of carbonyl (C=O) groups is 2. The highest BCUT2D eigenvalue weighted by atomic mass is 16.5. The highest BCUT2D eigenvalue weighted by Crippen LogP contribution is 2.20. The van der Waals surface area contributed by atoms with Gasteiger partial charge in [0.05, 0.1) is 0 Å². The molecule has 0 aromatic heterocycles. The number of ether oxygens (including phenoxy) is 1. The summed E-state index contributed by atoms with van der Waals surface area (Å²) in [6.45, 7) is 13.0. The molecule has 0 fully saturated rings. The zero-order chi connectivity index (χ0) is 15.1. The Morgan fingerprint density at radius 3 is 1.79 bits per heavy atom. The van der Waals surface area contributed by atoms with Crippen LogP contribution in [0.4, 0.5) is 0 Å². The second-order valence-corrected chi connectivity index (χ2v) is 7.71. The van der Waals surface area contributed by atoms with E-state index in [-0.39, 0.29) is 29.0 Å². The molecule has 0 amide bonds. The number of carbonyl (C=O) groups excluding carboxylic acids is 2. The smallest absolute Gasteiger partial charge is 0.158 e. The molecular weight excluding hydrogens is 240 g/mol. The molecule has 0 saturated carbocycles. The Kier molecular flexibility index (Phi) is 7.50. The predicted octanol–water partition coefficient (Wildman–Crippen LogP) is 3.79. The lowest BCUT2D eigenvalue weighted by Gasteiger charge is -2.17. The topological polar surface area (TPSA) is 43.4 Å². The van der Waals surface area contributed by atoms with Crippen LogP contribution in [-0.2, 0) is 14.3 Å². The Bertz CT molecular complexity index is 262. The fourth-order valence-electron chi connectivity index (χ4n) is 1.88. The second-order valence-electron chi connectivity index (χ2n) is 7.71. The van der Waals surface area contributed by atoms with Crippen molar-refractivity contribution in [2.45, 2.75) is 67.2 Å². The van der Waals surface area contributed by atoms with Gasteiger partial charge >= 0.3 is 0 Å². The lowest BCUT2D eigenvalue weighted by molar-refractivity contribution is -0.125. The first-order valence-corrected chi connectivity index (χ1v) is 7.11. The lowest BCUT2D eigenvalue weighted by Crippen LogP contribution is -2.18. The van der Waals surface area contributed by atoms with E-state index in [9.17, 15) is 9.59 Å². The van der Waals surface area contributed by atoms with Crippen molar-refractivity contribution in [1.29, 1.82) is 0 Å². The zero-order valence-corrected chi connectivity index (χ0v) is 13.5. The average Bonchev–Trinajstić information content (AvgIpc) is 2.10. The molecular formula is C16H30O3. The molecule has 0 aromatic carbocycles. The molecule has 0 atom stereocenters. The van der Waals surface area contributed by atoms with Gasteiger partial charge in [-0.1, -0.05) is 41.5 Å². The van der Waals surface area contributed by atoms with E-state index >= 15 is 0 Å². The first-order valence-electron chi connectivity index (χ1n) is 7.11. The standard InChI is InChI=1S/C16H30O3/c1-15(2,3)10-13(17)8-7-9-19-12-14(18)11-16(4,5)6/h7-12H2,1-6H3. The third-order valence-electron chi connectivity index (χ3n) is 2.46. The first kappa shape index (κ1) is 18.3. The molecule has 3 nitrogen and oxygen atoms in total. The Morgan fingerprint density at radius 2 is 1.32 bits per heavy atom. The molecule has 0 bridgehead atoms. The quantitative estimate of drug-likeness (QED) is 0.630. The predicted molar refractivity (Wildman–Crippen MR) is 78.2 cm³/mol. The van der Waals surface area contributed by atoms with Gasteiger partial charge in [0.2, 0.25) is 0 Å². The summed E-state index contributed by atoms with van der Waals surface area (Å²) in [5.41, 5.74) is 0.0731. The molecule has 0 aliphatic heterocycles. The summed E-state index contributed by atoms with van der Waals surface area (Å²) in [6, 6.07) is 0. The molecule has 19 heavy (non-hydrogen) atoms.